The van der Waals surface area contributed by atoms with Gasteiger partial charge in [-0.15, -0.1) is 0 Å². The molecule has 1 fully saturated rings. The molecule has 3 N–H and O–H groups in total. The third kappa shape index (κ3) is 1.50. The molecule has 1 saturated carbocycles. The second-order valence-electron chi connectivity index (χ2n) is 4.02. The maximum atomic E-state index is 9.23. The van der Waals surface area contributed by atoms with E-state index in [1.807, 2.05) is 0 Å². The van der Waals surface area contributed by atoms with Crippen LogP contribution in [0.2, 0.25) is 0 Å². The molecule has 0 bridgehead atoms. The molecule has 60 valence electrons. The van der Waals surface area contributed by atoms with Gasteiger partial charge in [0.2, 0.25) is 0 Å². The average Bonchev–Trinajstić information content (AvgIpc) is 1.81. The van der Waals surface area contributed by atoms with Crippen molar-refractivity contribution >= 4 is 0 Å². The monoisotopic (exact) mass is 143 g/mol. The van der Waals surface area contributed by atoms with Gasteiger partial charge in [-0.05, 0) is 24.7 Å². The van der Waals surface area contributed by atoms with Crippen molar-refractivity contribution in [3.8, 4) is 0 Å². The van der Waals surface area contributed by atoms with E-state index in [0.29, 0.717) is 0 Å². The van der Waals surface area contributed by atoms with Gasteiger partial charge in [-0.1, -0.05) is 13.8 Å². The fourth-order valence-electron chi connectivity index (χ4n) is 1.45. The first-order chi connectivity index (χ1) is 4.52. The molecule has 0 unspecified atom stereocenters. The summed E-state index contributed by atoms with van der Waals surface area (Å²) in [5.41, 5.74) is 6.08. The summed E-state index contributed by atoms with van der Waals surface area (Å²) in [5.74, 6) is 0. The minimum Gasteiger partial charge on any atom is -0.393 e. The SMILES string of the molecule is CC1(C)CC[C@H](O)C[C@@H]1N. The highest BCUT2D eigenvalue weighted by molar-refractivity contribution is 4.88. The fourth-order valence-corrected chi connectivity index (χ4v) is 1.45. The van der Waals surface area contributed by atoms with Gasteiger partial charge in [-0.3, -0.25) is 0 Å². The second-order valence-corrected chi connectivity index (χ2v) is 4.02. The lowest BCUT2D eigenvalue weighted by Gasteiger charge is -2.38. The van der Waals surface area contributed by atoms with Crippen molar-refractivity contribution in [2.45, 2.75) is 45.3 Å². The quantitative estimate of drug-likeness (QED) is 0.529. The Hall–Kier alpha value is -0.0800. The summed E-state index contributed by atoms with van der Waals surface area (Å²) < 4.78 is 0. The Kier molecular flexibility index (Phi) is 2.02. The van der Waals surface area contributed by atoms with E-state index in [1.54, 1.807) is 0 Å². The van der Waals surface area contributed by atoms with Gasteiger partial charge >= 0.3 is 0 Å². The van der Waals surface area contributed by atoms with Crippen molar-refractivity contribution in [1.82, 2.24) is 0 Å². The number of aliphatic hydroxyl groups excluding tert-OH is 1. The highest BCUT2D eigenvalue weighted by Crippen LogP contribution is 2.33. The lowest BCUT2D eigenvalue weighted by molar-refractivity contribution is 0.0627. The van der Waals surface area contributed by atoms with Crippen LogP contribution in [0.15, 0.2) is 0 Å². The van der Waals surface area contributed by atoms with Crippen molar-refractivity contribution in [1.29, 1.82) is 0 Å². The summed E-state index contributed by atoms with van der Waals surface area (Å²) in [6.07, 6.45) is 2.59. The molecular weight excluding hydrogens is 126 g/mol. The molecule has 1 rings (SSSR count). The maximum absolute atomic E-state index is 9.23. The maximum Gasteiger partial charge on any atom is 0.0555 e. The van der Waals surface area contributed by atoms with Gasteiger partial charge in [0.05, 0.1) is 6.10 Å². The van der Waals surface area contributed by atoms with Gasteiger partial charge < -0.3 is 10.8 Å². The van der Waals surface area contributed by atoms with Crippen LogP contribution in [-0.2, 0) is 0 Å². The highest BCUT2D eigenvalue weighted by atomic mass is 16.3. The predicted molar refractivity (Wildman–Crippen MR) is 41.6 cm³/mol. The van der Waals surface area contributed by atoms with E-state index >= 15 is 0 Å². The van der Waals surface area contributed by atoms with Gasteiger partial charge in [0.15, 0.2) is 0 Å². The van der Waals surface area contributed by atoms with Crippen LogP contribution >= 0.6 is 0 Å². The Morgan fingerprint density at radius 3 is 2.50 bits per heavy atom. The van der Waals surface area contributed by atoms with Gasteiger partial charge in [0, 0.05) is 6.04 Å². The van der Waals surface area contributed by atoms with Crippen molar-refractivity contribution in [2.75, 3.05) is 0 Å². The van der Waals surface area contributed by atoms with E-state index in [0.717, 1.165) is 19.3 Å². The zero-order valence-electron chi connectivity index (χ0n) is 6.80. The standard InChI is InChI=1S/C8H17NO/c1-8(2)4-3-6(10)5-7(8)9/h6-7,10H,3-5,9H2,1-2H3/t6-,7-/m0/s1. The summed E-state index contributed by atoms with van der Waals surface area (Å²) in [6.45, 7) is 4.34. The minimum atomic E-state index is -0.150. The minimum absolute atomic E-state index is 0.150. The zero-order valence-corrected chi connectivity index (χ0v) is 6.80. The third-order valence-electron chi connectivity index (χ3n) is 2.65. The first-order valence-corrected chi connectivity index (χ1v) is 3.96. The molecule has 1 aliphatic carbocycles. The molecule has 0 aromatic carbocycles. The highest BCUT2D eigenvalue weighted by Gasteiger charge is 2.32. The largest absolute Gasteiger partial charge is 0.393 e. The van der Waals surface area contributed by atoms with Gasteiger partial charge in [0.1, 0.15) is 0 Å². The summed E-state index contributed by atoms with van der Waals surface area (Å²) in [6, 6.07) is 0.177. The Bertz CT molecular complexity index is 122. The van der Waals surface area contributed by atoms with Crippen molar-refractivity contribution in [2.24, 2.45) is 11.1 Å². The van der Waals surface area contributed by atoms with Gasteiger partial charge in [0.25, 0.3) is 0 Å². The Morgan fingerprint density at radius 1 is 1.50 bits per heavy atom. The van der Waals surface area contributed by atoms with Crippen molar-refractivity contribution < 1.29 is 5.11 Å². The summed E-state index contributed by atoms with van der Waals surface area (Å²) in [5, 5.41) is 9.23. The fraction of sp³-hybridized carbons (Fsp3) is 1.00. The Balaban J connectivity index is 2.52. The van der Waals surface area contributed by atoms with E-state index in [9.17, 15) is 5.11 Å². The Morgan fingerprint density at radius 2 is 2.10 bits per heavy atom. The predicted octanol–water partition coefficient (Wildman–Crippen LogP) is 0.885. The molecule has 2 atom stereocenters. The first kappa shape index (κ1) is 8.02. The van der Waals surface area contributed by atoms with Crippen molar-refractivity contribution in [3.63, 3.8) is 0 Å². The molecule has 10 heavy (non-hydrogen) atoms. The summed E-state index contributed by atoms with van der Waals surface area (Å²) >= 11 is 0. The smallest absolute Gasteiger partial charge is 0.0555 e. The normalized spacial score (nSPS) is 39.6. The van der Waals surface area contributed by atoms with Crippen molar-refractivity contribution in [3.05, 3.63) is 0 Å². The molecule has 0 aliphatic heterocycles. The topological polar surface area (TPSA) is 46.2 Å². The first-order valence-electron chi connectivity index (χ1n) is 3.96. The van der Waals surface area contributed by atoms with E-state index in [-0.39, 0.29) is 17.6 Å². The number of nitrogens with two attached hydrogens (primary N) is 1. The molecule has 2 heteroatoms. The lowest BCUT2D eigenvalue weighted by atomic mass is 9.73. The number of rotatable bonds is 0. The lowest BCUT2D eigenvalue weighted by Crippen LogP contribution is -2.44. The van der Waals surface area contributed by atoms with Crippen LogP contribution in [0, 0.1) is 5.41 Å². The summed E-state index contributed by atoms with van der Waals surface area (Å²) in [4.78, 5) is 0. The van der Waals surface area contributed by atoms with E-state index in [4.69, 9.17) is 5.73 Å². The molecule has 0 amide bonds. The molecule has 0 aromatic heterocycles. The van der Waals surface area contributed by atoms with Crippen LogP contribution in [0.25, 0.3) is 0 Å². The van der Waals surface area contributed by atoms with E-state index in [1.165, 1.54) is 0 Å². The molecule has 2 nitrogen and oxygen atoms in total. The number of hydrogen-bond donors (Lipinski definition) is 2. The molecule has 0 spiro atoms. The van der Waals surface area contributed by atoms with E-state index < -0.39 is 0 Å². The Labute approximate surface area is 62.4 Å². The van der Waals surface area contributed by atoms with Crippen LogP contribution in [-0.4, -0.2) is 17.3 Å². The molecule has 0 saturated heterocycles. The summed E-state index contributed by atoms with van der Waals surface area (Å²) in [7, 11) is 0. The zero-order chi connectivity index (χ0) is 7.78. The van der Waals surface area contributed by atoms with Gasteiger partial charge in [-0.25, -0.2) is 0 Å². The van der Waals surface area contributed by atoms with Crippen LogP contribution in [0.4, 0.5) is 0 Å². The number of aliphatic hydroxyl groups is 1. The van der Waals surface area contributed by atoms with Crippen LogP contribution < -0.4 is 5.73 Å². The molecule has 1 aliphatic rings. The molecule has 0 heterocycles. The van der Waals surface area contributed by atoms with Crippen LogP contribution in [0.1, 0.15) is 33.1 Å². The van der Waals surface area contributed by atoms with Gasteiger partial charge in [-0.2, -0.15) is 0 Å². The molecule has 0 radical (unpaired) electrons. The molecular formula is C8H17NO. The van der Waals surface area contributed by atoms with E-state index in [2.05, 4.69) is 13.8 Å². The third-order valence-corrected chi connectivity index (χ3v) is 2.65. The van der Waals surface area contributed by atoms with Crippen LogP contribution in [0.3, 0.4) is 0 Å². The van der Waals surface area contributed by atoms with Crippen LogP contribution in [0.5, 0.6) is 0 Å². The number of hydrogen-bond acceptors (Lipinski definition) is 2. The second kappa shape index (κ2) is 2.51. The molecule has 0 aromatic rings. The average molecular weight is 143 g/mol.